The van der Waals surface area contributed by atoms with Crippen LogP contribution in [-0.4, -0.2) is 50.8 Å². The molecule has 0 aliphatic carbocycles. The van der Waals surface area contributed by atoms with Crippen molar-refractivity contribution in [2.75, 3.05) is 45.9 Å². The van der Waals surface area contributed by atoms with E-state index in [-0.39, 0.29) is 12.4 Å². The summed E-state index contributed by atoms with van der Waals surface area (Å²) in [7, 11) is 0. The summed E-state index contributed by atoms with van der Waals surface area (Å²) in [6.45, 7) is 8.81. The van der Waals surface area contributed by atoms with Crippen molar-refractivity contribution >= 4 is 12.4 Å². The van der Waals surface area contributed by atoms with Crippen LogP contribution in [0, 0.1) is 0 Å². The summed E-state index contributed by atoms with van der Waals surface area (Å²) in [6.07, 6.45) is 1.22. The molecule has 2 rings (SSSR count). The Hall–Kier alpha value is -0.970. The third kappa shape index (κ3) is 5.57. The van der Waals surface area contributed by atoms with Crippen LogP contribution in [0.2, 0.25) is 0 Å². The molecule has 1 aromatic rings. The molecule has 1 aromatic carbocycles. The van der Waals surface area contributed by atoms with Gasteiger partial charge in [-0.15, -0.1) is 12.4 Å². The summed E-state index contributed by atoms with van der Waals surface area (Å²) in [5.41, 5.74) is 0. The summed E-state index contributed by atoms with van der Waals surface area (Å²) >= 11 is 0. The van der Waals surface area contributed by atoms with E-state index in [9.17, 15) is 0 Å². The van der Waals surface area contributed by atoms with Crippen LogP contribution in [-0.2, 0) is 0 Å². The van der Waals surface area contributed by atoms with Gasteiger partial charge in [0.05, 0.1) is 6.61 Å². The molecule has 20 heavy (non-hydrogen) atoms. The summed E-state index contributed by atoms with van der Waals surface area (Å²) in [6, 6.07) is 7.87. The van der Waals surface area contributed by atoms with E-state index in [1.807, 2.05) is 31.2 Å². The fourth-order valence-electron chi connectivity index (χ4n) is 2.25. The SMILES string of the molecule is CCOc1ccccc1OCCN1CCCNCC1.Cl. The Morgan fingerprint density at radius 2 is 1.85 bits per heavy atom. The van der Waals surface area contributed by atoms with Crippen molar-refractivity contribution in [1.82, 2.24) is 10.2 Å². The van der Waals surface area contributed by atoms with Gasteiger partial charge in [-0.1, -0.05) is 12.1 Å². The zero-order valence-electron chi connectivity index (χ0n) is 12.1. The van der Waals surface area contributed by atoms with E-state index in [0.29, 0.717) is 13.2 Å². The van der Waals surface area contributed by atoms with Gasteiger partial charge in [0.15, 0.2) is 11.5 Å². The molecule has 1 aliphatic heterocycles. The minimum absolute atomic E-state index is 0. The Morgan fingerprint density at radius 1 is 1.10 bits per heavy atom. The maximum absolute atomic E-state index is 5.85. The number of para-hydroxylation sites is 2. The van der Waals surface area contributed by atoms with E-state index in [0.717, 1.165) is 44.2 Å². The molecule has 0 amide bonds. The molecule has 5 heteroatoms. The first-order valence-corrected chi connectivity index (χ1v) is 7.18. The molecule has 1 N–H and O–H groups in total. The van der Waals surface area contributed by atoms with Crippen molar-refractivity contribution < 1.29 is 9.47 Å². The molecule has 114 valence electrons. The summed E-state index contributed by atoms with van der Waals surface area (Å²) in [4.78, 5) is 2.45. The second-order valence-electron chi connectivity index (χ2n) is 4.67. The molecular formula is C15H25ClN2O2. The standard InChI is InChI=1S/C15H24N2O2.ClH/c1-2-18-14-6-3-4-7-15(14)19-13-12-17-10-5-8-16-9-11-17;/h3-4,6-7,16H,2,5,8-13H2,1H3;1H. The lowest BCUT2D eigenvalue weighted by molar-refractivity contribution is 0.210. The molecule has 4 nitrogen and oxygen atoms in total. The number of hydrogen-bond donors (Lipinski definition) is 1. The number of nitrogens with zero attached hydrogens (tertiary/aromatic N) is 1. The van der Waals surface area contributed by atoms with Gasteiger partial charge in [-0.25, -0.2) is 0 Å². The predicted octanol–water partition coefficient (Wildman–Crippen LogP) is 2.18. The van der Waals surface area contributed by atoms with Gasteiger partial charge in [0.25, 0.3) is 0 Å². The quantitative estimate of drug-likeness (QED) is 0.873. The molecule has 0 bridgehead atoms. The Labute approximate surface area is 127 Å². The van der Waals surface area contributed by atoms with Crippen LogP contribution in [0.3, 0.4) is 0 Å². The van der Waals surface area contributed by atoms with Crippen molar-refractivity contribution in [1.29, 1.82) is 0 Å². The first-order valence-electron chi connectivity index (χ1n) is 7.18. The van der Waals surface area contributed by atoms with Crippen molar-refractivity contribution in [2.24, 2.45) is 0 Å². The number of nitrogens with one attached hydrogen (secondary N) is 1. The lowest BCUT2D eigenvalue weighted by Crippen LogP contribution is -2.31. The molecule has 1 fully saturated rings. The minimum atomic E-state index is 0. The average molecular weight is 301 g/mol. The highest BCUT2D eigenvalue weighted by Crippen LogP contribution is 2.26. The summed E-state index contributed by atoms with van der Waals surface area (Å²) in [5.74, 6) is 1.68. The van der Waals surface area contributed by atoms with Gasteiger partial charge in [0.2, 0.25) is 0 Å². The third-order valence-electron chi connectivity index (χ3n) is 3.25. The Bertz CT molecular complexity index is 369. The summed E-state index contributed by atoms with van der Waals surface area (Å²) in [5, 5.41) is 3.41. The molecule has 0 radical (unpaired) electrons. The van der Waals surface area contributed by atoms with E-state index in [1.165, 1.54) is 6.42 Å². The van der Waals surface area contributed by atoms with Gasteiger partial charge < -0.3 is 14.8 Å². The van der Waals surface area contributed by atoms with Crippen LogP contribution in [0.1, 0.15) is 13.3 Å². The van der Waals surface area contributed by atoms with Crippen molar-refractivity contribution in [3.63, 3.8) is 0 Å². The Balaban J connectivity index is 0.00000200. The Morgan fingerprint density at radius 3 is 2.60 bits per heavy atom. The fourth-order valence-corrected chi connectivity index (χ4v) is 2.25. The molecule has 1 aliphatic rings. The number of rotatable bonds is 6. The highest BCUT2D eigenvalue weighted by molar-refractivity contribution is 5.85. The van der Waals surface area contributed by atoms with Crippen molar-refractivity contribution in [3.05, 3.63) is 24.3 Å². The van der Waals surface area contributed by atoms with E-state index >= 15 is 0 Å². The normalized spacial score (nSPS) is 16.1. The van der Waals surface area contributed by atoms with E-state index in [1.54, 1.807) is 0 Å². The lowest BCUT2D eigenvalue weighted by atomic mass is 10.3. The van der Waals surface area contributed by atoms with Crippen LogP contribution >= 0.6 is 12.4 Å². The number of halogens is 1. The smallest absolute Gasteiger partial charge is 0.161 e. The molecule has 0 unspecified atom stereocenters. The van der Waals surface area contributed by atoms with Crippen LogP contribution in [0.5, 0.6) is 11.5 Å². The van der Waals surface area contributed by atoms with Gasteiger partial charge in [0.1, 0.15) is 6.61 Å². The van der Waals surface area contributed by atoms with E-state index in [4.69, 9.17) is 9.47 Å². The third-order valence-corrected chi connectivity index (χ3v) is 3.25. The molecule has 0 aromatic heterocycles. The van der Waals surface area contributed by atoms with Crippen LogP contribution < -0.4 is 14.8 Å². The number of hydrogen-bond acceptors (Lipinski definition) is 4. The van der Waals surface area contributed by atoms with Crippen LogP contribution in [0.4, 0.5) is 0 Å². The molecule has 0 spiro atoms. The zero-order valence-corrected chi connectivity index (χ0v) is 13.0. The van der Waals surface area contributed by atoms with Gasteiger partial charge in [-0.3, -0.25) is 4.90 Å². The van der Waals surface area contributed by atoms with Gasteiger partial charge in [-0.2, -0.15) is 0 Å². The highest BCUT2D eigenvalue weighted by Gasteiger charge is 2.09. The number of ether oxygens (including phenoxy) is 2. The lowest BCUT2D eigenvalue weighted by Gasteiger charge is -2.20. The minimum Gasteiger partial charge on any atom is -0.490 e. The van der Waals surface area contributed by atoms with Crippen LogP contribution in [0.25, 0.3) is 0 Å². The molecule has 1 saturated heterocycles. The first kappa shape index (κ1) is 17.1. The largest absolute Gasteiger partial charge is 0.490 e. The van der Waals surface area contributed by atoms with E-state index < -0.39 is 0 Å². The van der Waals surface area contributed by atoms with Crippen LogP contribution in [0.15, 0.2) is 24.3 Å². The molecular weight excluding hydrogens is 276 g/mol. The number of benzene rings is 1. The second kappa shape index (κ2) is 9.86. The van der Waals surface area contributed by atoms with Gasteiger partial charge >= 0.3 is 0 Å². The maximum Gasteiger partial charge on any atom is 0.161 e. The van der Waals surface area contributed by atoms with Crippen molar-refractivity contribution in [3.8, 4) is 11.5 Å². The Kier molecular flexibility index (Phi) is 8.42. The topological polar surface area (TPSA) is 33.7 Å². The fraction of sp³-hybridized carbons (Fsp3) is 0.600. The zero-order chi connectivity index (χ0) is 13.3. The molecule has 0 atom stereocenters. The van der Waals surface area contributed by atoms with E-state index in [2.05, 4.69) is 10.2 Å². The van der Waals surface area contributed by atoms with Gasteiger partial charge in [0, 0.05) is 19.6 Å². The second-order valence-corrected chi connectivity index (χ2v) is 4.67. The maximum atomic E-state index is 5.85. The summed E-state index contributed by atoms with van der Waals surface area (Å²) < 4.78 is 11.4. The first-order chi connectivity index (χ1) is 9.40. The van der Waals surface area contributed by atoms with Crippen molar-refractivity contribution in [2.45, 2.75) is 13.3 Å². The van der Waals surface area contributed by atoms with Gasteiger partial charge in [-0.05, 0) is 38.6 Å². The predicted molar refractivity (Wildman–Crippen MR) is 84.3 cm³/mol. The highest BCUT2D eigenvalue weighted by atomic mass is 35.5. The average Bonchev–Trinajstić information content (AvgIpc) is 2.70. The molecule has 1 heterocycles. The molecule has 0 saturated carbocycles. The monoisotopic (exact) mass is 300 g/mol.